The number of methoxy groups -OCH3 is 1. The Bertz CT molecular complexity index is 1000. The molecule has 2 heterocycles. The van der Waals surface area contributed by atoms with Crippen molar-refractivity contribution in [3.63, 3.8) is 0 Å². The molecule has 1 aromatic heterocycles. The lowest BCUT2D eigenvalue weighted by Gasteiger charge is -2.35. The van der Waals surface area contributed by atoms with E-state index in [9.17, 15) is 14.7 Å². The maximum absolute atomic E-state index is 12.0. The minimum absolute atomic E-state index is 0.144. The van der Waals surface area contributed by atoms with Gasteiger partial charge in [0.25, 0.3) is 12.4 Å². The van der Waals surface area contributed by atoms with E-state index in [4.69, 9.17) is 23.8 Å². The summed E-state index contributed by atoms with van der Waals surface area (Å²) in [6, 6.07) is 10.4. The molecule has 1 amide bonds. The molecule has 1 aromatic carbocycles. The van der Waals surface area contributed by atoms with Crippen LogP contribution in [0.4, 0.5) is 0 Å². The van der Waals surface area contributed by atoms with Gasteiger partial charge >= 0.3 is 5.97 Å². The quantitative estimate of drug-likeness (QED) is 0.464. The van der Waals surface area contributed by atoms with Crippen LogP contribution in [-0.4, -0.2) is 84.9 Å². The summed E-state index contributed by atoms with van der Waals surface area (Å²) in [5.74, 6) is 2.05. The summed E-state index contributed by atoms with van der Waals surface area (Å²) in [7, 11) is 4.75. The minimum Gasteiger partial charge on any atom is -0.488 e. The fourth-order valence-electron chi connectivity index (χ4n) is 4.72. The van der Waals surface area contributed by atoms with Crippen LogP contribution in [0.3, 0.4) is 0 Å². The van der Waals surface area contributed by atoms with Gasteiger partial charge in [-0.05, 0) is 61.1 Å². The summed E-state index contributed by atoms with van der Waals surface area (Å²) in [5.41, 5.74) is 0.462. The first-order chi connectivity index (χ1) is 16.7. The van der Waals surface area contributed by atoms with Gasteiger partial charge in [-0.15, -0.1) is 0 Å². The number of esters is 1. The Hall–Kier alpha value is -3.37. The van der Waals surface area contributed by atoms with Gasteiger partial charge in [-0.2, -0.15) is 0 Å². The number of amides is 1. The molecule has 1 aliphatic carbocycles. The van der Waals surface area contributed by atoms with E-state index >= 15 is 0 Å². The van der Waals surface area contributed by atoms with Gasteiger partial charge in [0.15, 0.2) is 5.76 Å². The van der Waals surface area contributed by atoms with Crippen molar-refractivity contribution in [2.75, 3.05) is 34.3 Å². The van der Waals surface area contributed by atoms with Crippen molar-refractivity contribution in [1.29, 1.82) is 0 Å². The molecule has 0 unspecified atom stereocenters. The van der Waals surface area contributed by atoms with Crippen LogP contribution in [0.2, 0.25) is 0 Å². The predicted molar refractivity (Wildman–Crippen MR) is 125 cm³/mol. The minimum atomic E-state index is -0.538. The average Bonchev–Trinajstić information content (AvgIpc) is 3.45. The molecule has 10 heteroatoms. The number of carbonyl (C=O) groups excluding carboxylic acids is 2. The van der Waals surface area contributed by atoms with Crippen molar-refractivity contribution in [3.8, 4) is 5.75 Å². The Morgan fingerprint density at radius 2 is 1.74 bits per heavy atom. The van der Waals surface area contributed by atoms with Crippen molar-refractivity contribution < 1.29 is 38.5 Å². The molecular weight excluding hydrogens is 456 g/mol. The van der Waals surface area contributed by atoms with E-state index in [0.717, 1.165) is 25.3 Å². The monoisotopic (exact) mass is 488 g/mol. The number of furan rings is 1. The largest absolute Gasteiger partial charge is 0.488 e. The molecule has 4 rings (SSSR count). The number of rotatable bonds is 6. The van der Waals surface area contributed by atoms with Gasteiger partial charge in [-0.3, -0.25) is 14.5 Å². The third kappa shape index (κ3) is 6.61. The highest BCUT2D eigenvalue weighted by Gasteiger charge is 2.42. The zero-order valence-corrected chi connectivity index (χ0v) is 20.1. The molecule has 2 fully saturated rings. The summed E-state index contributed by atoms with van der Waals surface area (Å²) in [6.45, 7) is 2.18. The number of aliphatic hydroxyl groups is 1. The van der Waals surface area contributed by atoms with Crippen molar-refractivity contribution in [1.82, 2.24) is 9.80 Å². The normalized spacial score (nSPS) is 23.4. The van der Waals surface area contributed by atoms with Crippen LogP contribution in [0.15, 0.2) is 40.8 Å². The van der Waals surface area contributed by atoms with Crippen LogP contribution in [0.1, 0.15) is 39.5 Å². The van der Waals surface area contributed by atoms with E-state index in [0.29, 0.717) is 41.9 Å². The Morgan fingerprint density at radius 1 is 1.11 bits per heavy atom. The molecule has 1 saturated heterocycles. The Kier molecular flexibility index (Phi) is 8.89. The fourth-order valence-corrected chi connectivity index (χ4v) is 4.72. The highest BCUT2D eigenvalue weighted by Crippen LogP contribution is 2.38. The van der Waals surface area contributed by atoms with Gasteiger partial charge in [0.2, 0.25) is 0 Å². The van der Waals surface area contributed by atoms with Crippen LogP contribution >= 0.6 is 0 Å². The molecule has 2 aliphatic rings. The number of carboxylic acid groups (broad SMARTS) is 1. The number of ether oxygens (including phenoxy) is 2. The Morgan fingerprint density at radius 3 is 2.34 bits per heavy atom. The van der Waals surface area contributed by atoms with Crippen LogP contribution in [-0.2, 0) is 16.1 Å². The first-order valence-corrected chi connectivity index (χ1v) is 11.4. The van der Waals surface area contributed by atoms with Crippen molar-refractivity contribution in [2.24, 2.45) is 11.8 Å². The highest BCUT2D eigenvalue weighted by molar-refractivity contribution is 5.91. The van der Waals surface area contributed by atoms with Gasteiger partial charge in [0, 0.05) is 27.2 Å². The summed E-state index contributed by atoms with van der Waals surface area (Å²) in [4.78, 5) is 35.8. The van der Waals surface area contributed by atoms with E-state index in [1.807, 2.05) is 6.07 Å². The van der Waals surface area contributed by atoms with Gasteiger partial charge < -0.3 is 29.0 Å². The number of benzene rings is 1. The van der Waals surface area contributed by atoms with Gasteiger partial charge in [0.05, 0.1) is 25.3 Å². The Balaban J connectivity index is 0.00000108. The highest BCUT2D eigenvalue weighted by atomic mass is 16.5. The number of hydrogen-bond donors (Lipinski definition) is 2. The second-order valence-corrected chi connectivity index (χ2v) is 9.00. The maximum Gasteiger partial charge on any atom is 0.337 e. The van der Waals surface area contributed by atoms with Crippen molar-refractivity contribution in [3.05, 3.63) is 53.5 Å². The number of aliphatic hydroxyl groups excluding tert-OH is 1. The number of nitrogens with zero attached hydrogens (tertiary/aromatic N) is 2. The molecular formula is C25H32N2O8. The van der Waals surface area contributed by atoms with Gasteiger partial charge in [-0.1, -0.05) is 0 Å². The van der Waals surface area contributed by atoms with Crippen molar-refractivity contribution in [2.45, 2.75) is 31.6 Å². The Labute approximate surface area is 204 Å². The summed E-state index contributed by atoms with van der Waals surface area (Å²) < 4.78 is 16.5. The lowest BCUT2D eigenvalue weighted by molar-refractivity contribution is -0.122. The number of fused-ring (bicyclic) bond motifs is 1. The third-order valence-electron chi connectivity index (χ3n) is 6.38. The third-order valence-corrected chi connectivity index (χ3v) is 6.38. The zero-order valence-electron chi connectivity index (χ0n) is 20.1. The topological polar surface area (TPSA) is 130 Å². The predicted octanol–water partition coefficient (Wildman–Crippen LogP) is 2.12. The molecule has 0 spiro atoms. The van der Waals surface area contributed by atoms with E-state index in [2.05, 4.69) is 4.90 Å². The lowest BCUT2D eigenvalue weighted by atomic mass is 9.78. The van der Waals surface area contributed by atoms with Gasteiger partial charge in [-0.25, -0.2) is 4.79 Å². The molecule has 1 aliphatic heterocycles. The average molecular weight is 489 g/mol. The molecule has 10 nitrogen and oxygen atoms in total. The summed E-state index contributed by atoms with van der Waals surface area (Å²) in [6.07, 6.45) is 0.635. The molecule has 35 heavy (non-hydrogen) atoms. The van der Waals surface area contributed by atoms with E-state index in [1.165, 1.54) is 12.0 Å². The molecule has 2 aromatic rings. The van der Waals surface area contributed by atoms with E-state index in [-0.39, 0.29) is 18.5 Å². The standard InChI is InChI=1S/C24H30N2O6.CH2O2/c1-25(2)23(28)21-9-8-19(32-21)14-26-12-16-10-20(27)22(11-17(16)13-26)31-18-6-4-15(5-7-18)24(29)30-3;2-1-3/h4-9,16-17,20,22,27H,10-14H2,1-3H3;1H,(H,2,3)/t16-,17+,20+,22+;/m0./s1. The van der Waals surface area contributed by atoms with E-state index in [1.54, 1.807) is 44.4 Å². The van der Waals surface area contributed by atoms with Crippen LogP contribution in [0.5, 0.6) is 5.75 Å². The lowest BCUT2D eigenvalue weighted by Crippen LogP contribution is -2.42. The second kappa shape index (κ2) is 11.9. The molecule has 190 valence electrons. The van der Waals surface area contributed by atoms with E-state index < -0.39 is 12.1 Å². The molecule has 1 saturated carbocycles. The first kappa shape index (κ1) is 26.2. The van der Waals surface area contributed by atoms with Crippen LogP contribution < -0.4 is 4.74 Å². The maximum atomic E-state index is 12.0. The van der Waals surface area contributed by atoms with Crippen LogP contribution in [0.25, 0.3) is 0 Å². The SMILES string of the molecule is COC(=O)c1ccc(O[C@@H]2C[C@@H]3CN(Cc4ccc(C(=O)N(C)C)o4)C[C@@H]3C[C@H]2O)cc1.O=CO. The molecule has 4 atom stereocenters. The fraction of sp³-hybridized carbons (Fsp3) is 0.480. The van der Waals surface area contributed by atoms with Gasteiger partial charge in [0.1, 0.15) is 17.6 Å². The van der Waals surface area contributed by atoms with Crippen LogP contribution in [0, 0.1) is 11.8 Å². The summed E-state index contributed by atoms with van der Waals surface area (Å²) >= 11 is 0. The molecule has 0 bridgehead atoms. The number of carbonyl (C=O) groups is 3. The second-order valence-electron chi connectivity index (χ2n) is 9.00. The molecule has 2 N–H and O–H groups in total. The zero-order chi connectivity index (χ0) is 25.5. The smallest absolute Gasteiger partial charge is 0.337 e. The van der Waals surface area contributed by atoms with Crippen molar-refractivity contribution >= 4 is 18.3 Å². The molecule has 0 radical (unpaired) electrons. The first-order valence-electron chi connectivity index (χ1n) is 11.4. The summed E-state index contributed by atoms with van der Waals surface area (Å²) in [5, 5.41) is 17.6. The number of hydrogen-bond acceptors (Lipinski definition) is 8. The number of likely N-dealkylation sites (tertiary alicyclic amines) is 1.